The van der Waals surface area contributed by atoms with Crippen molar-refractivity contribution in [1.82, 2.24) is 5.32 Å². The van der Waals surface area contributed by atoms with Crippen LogP contribution in [0.2, 0.25) is 0 Å². The van der Waals surface area contributed by atoms with E-state index in [2.05, 4.69) is 38.2 Å². The molecule has 2 nitrogen and oxygen atoms in total. The molecule has 1 fully saturated rings. The van der Waals surface area contributed by atoms with Gasteiger partial charge in [0, 0.05) is 5.54 Å². The minimum atomic E-state index is 0.0719. The summed E-state index contributed by atoms with van der Waals surface area (Å²) in [6, 6.07) is 7.79. The van der Waals surface area contributed by atoms with E-state index in [4.69, 9.17) is 0 Å². The first-order valence-corrected chi connectivity index (χ1v) is 7.46. The molecule has 1 aromatic carbocycles. The van der Waals surface area contributed by atoms with Crippen LogP contribution in [-0.4, -0.2) is 11.7 Å². The summed E-state index contributed by atoms with van der Waals surface area (Å²) >= 11 is 0. The third-order valence-corrected chi connectivity index (χ3v) is 4.00. The molecule has 19 heavy (non-hydrogen) atoms. The van der Waals surface area contributed by atoms with Gasteiger partial charge >= 0.3 is 0 Å². The standard InChI is InChI=1S/C17H27NO/c1-16(2,3)13-17(11-5-4-6-12-18-17)14-7-9-15(19)10-8-14/h7-10,18-19H,4-6,11-13H2,1-3H3. The molecule has 0 radical (unpaired) electrons. The maximum atomic E-state index is 9.51. The highest BCUT2D eigenvalue weighted by atomic mass is 16.3. The molecule has 0 aliphatic carbocycles. The van der Waals surface area contributed by atoms with E-state index in [0.717, 1.165) is 13.0 Å². The number of nitrogens with one attached hydrogen (secondary N) is 1. The molecule has 2 N–H and O–H groups in total. The van der Waals surface area contributed by atoms with Crippen molar-refractivity contribution in [2.75, 3.05) is 6.54 Å². The Morgan fingerprint density at radius 2 is 1.79 bits per heavy atom. The van der Waals surface area contributed by atoms with Gasteiger partial charge in [0.05, 0.1) is 0 Å². The summed E-state index contributed by atoms with van der Waals surface area (Å²) in [6.07, 6.45) is 6.19. The number of hydrogen-bond donors (Lipinski definition) is 2. The van der Waals surface area contributed by atoms with E-state index in [-0.39, 0.29) is 11.0 Å². The van der Waals surface area contributed by atoms with Gasteiger partial charge in [0.25, 0.3) is 0 Å². The van der Waals surface area contributed by atoms with Crippen molar-refractivity contribution in [3.05, 3.63) is 29.8 Å². The van der Waals surface area contributed by atoms with Gasteiger partial charge in [-0.3, -0.25) is 0 Å². The van der Waals surface area contributed by atoms with Gasteiger partial charge in [-0.25, -0.2) is 0 Å². The van der Waals surface area contributed by atoms with Gasteiger partial charge in [-0.2, -0.15) is 0 Å². The molecular formula is C17H27NO. The zero-order chi connectivity index (χ0) is 13.9. The molecule has 1 aliphatic heterocycles. The number of aromatic hydroxyl groups is 1. The number of phenols is 1. The van der Waals surface area contributed by atoms with Crippen LogP contribution in [0.3, 0.4) is 0 Å². The molecule has 0 saturated carbocycles. The van der Waals surface area contributed by atoms with Gasteiger partial charge < -0.3 is 10.4 Å². The molecule has 1 saturated heterocycles. The van der Waals surface area contributed by atoms with Gasteiger partial charge in [-0.1, -0.05) is 45.7 Å². The van der Waals surface area contributed by atoms with E-state index in [9.17, 15) is 5.11 Å². The zero-order valence-electron chi connectivity index (χ0n) is 12.5. The van der Waals surface area contributed by atoms with Crippen molar-refractivity contribution < 1.29 is 5.11 Å². The SMILES string of the molecule is CC(C)(C)CC1(c2ccc(O)cc2)CCCCCN1. The minimum absolute atomic E-state index is 0.0719. The normalized spacial score (nSPS) is 25.0. The first kappa shape index (κ1) is 14.4. The summed E-state index contributed by atoms with van der Waals surface area (Å²) in [7, 11) is 0. The molecular weight excluding hydrogens is 234 g/mol. The van der Waals surface area contributed by atoms with E-state index in [0.29, 0.717) is 5.75 Å². The first-order valence-electron chi connectivity index (χ1n) is 7.46. The van der Waals surface area contributed by atoms with Crippen molar-refractivity contribution in [1.29, 1.82) is 0 Å². The predicted molar refractivity (Wildman–Crippen MR) is 80.3 cm³/mol. The van der Waals surface area contributed by atoms with Crippen LogP contribution in [0, 0.1) is 5.41 Å². The van der Waals surface area contributed by atoms with E-state index < -0.39 is 0 Å². The maximum Gasteiger partial charge on any atom is 0.115 e. The highest BCUT2D eigenvalue weighted by Gasteiger charge is 2.36. The van der Waals surface area contributed by atoms with E-state index in [1.54, 1.807) is 0 Å². The number of rotatable bonds is 2. The zero-order valence-corrected chi connectivity index (χ0v) is 12.5. The molecule has 1 aromatic rings. The van der Waals surface area contributed by atoms with Crippen molar-refractivity contribution in [3.8, 4) is 5.75 Å². The van der Waals surface area contributed by atoms with E-state index in [1.807, 2.05) is 12.1 Å². The maximum absolute atomic E-state index is 9.51. The highest BCUT2D eigenvalue weighted by Crippen LogP contribution is 2.40. The fraction of sp³-hybridized carbons (Fsp3) is 0.647. The topological polar surface area (TPSA) is 32.3 Å². The molecule has 2 heteroatoms. The Morgan fingerprint density at radius 3 is 2.42 bits per heavy atom. The summed E-state index contributed by atoms with van der Waals surface area (Å²) < 4.78 is 0. The van der Waals surface area contributed by atoms with Crippen molar-refractivity contribution in [3.63, 3.8) is 0 Å². The molecule has 1 aliphatic rings. The second-order valence-electron chi connectivity index (χ2n) is 7.10. The lowest BCUT2D eigenvalue weighted by atomic mass is 9.73. The fourth-order valence-corrected chi connectivity index (χ4v) is 3.33. The van der Waals surface area contributed by atoms with Gasteiger partial charge in [-0.05, 0) is 48.9 Å². The number of phenolic OH excluding ortho intramolecular Hbond substituents is 1. The predicted octanol–water partition coefficient (Wildman–Crippen LogP) is 4.19. The van der Waals surface area contributed by atoms with Gasteiger partial charge in [0.15, 0.2) is 0 Å². The van der Waals surface area contributed by atoms with Crippen molar-refractivity contribution in [2.24, 2.45) is 5.41 Å². The molecule has 0 bridgehead atoms. The summed E-state index contributed by atoms with van der Waals surface area (Å²) in [4.78, 5) is 0. The first-order chi connectivity index (χ1) is 8.91. The van der Waals surface area contributed by atoms with E-state index in [1.165, 1.54) is 31.2 Å². The Hall–Kier alpha value is -1.02. The Balaban J connectivity index is 2.34. The second kappa shape index (κ2) is 5.54. The van der Waals surface area contributed by atoms with Crippen LogP contribution in [0.5, 0.6) is 5.75 Å². The molecule has 1 unspecified atom stereocenters. The Kier molecular flexibility index (Phi) is 4.19. The van der Waals surface area contributed by atoms with Crippen LogP contribution in [0.15, 0.2) is 24.3 Å². The monoisotopic (exact) mass is 261 g/mol. The number of benzene rings is 1. The molecule has 0 aromatic heterocycles. The largest absolute Gasteiger partial charge is 0.508 e. The van der Waals surface area contributed by atoms with E-state index >= 15 is 0 Å². The summed E-state index contributed by atoms with van der Waals surface area (Å²) in [5.74, 6) is 0.350. The molecule has 0 spiro atoms. The highest BCUT2D eigenvalue weighted by molar-refractivity contribution is 5.31. The summed E-state index contributed by atoms with van der Waals surface area (Å²) in [5, 5.41) is 13.3. The molecule has 106 valence electrons. The third kappa shape index (κ3) is 3.73. The smallest absolute Gasteiger partial charge is 0.115 e. The average molecular weight is 261 g/mol. The molecule has 1 atom stereocenters. The van der Waals surface area contributed by atoms with Gasteiger partial charge in [-0.15, -0.1) is 0 Å². The third-order valence-electron chi connectivity index (χ3n) is 4.00. The second-order valence-corrected chi connectivity index (χ2v) is 7.10. The van der Waals surface area contributed by atoms with Gasteiger partial charge in [0.2, 0.25) is 0 Å². The van der Waals surface area contributed by atoms with Crippen LogP contribution in [0.1, 0.15) is 58.4 Å². The van der Waals surface area contributed by atoms with Crippen LogP contribution < -0.4 is 5.32 Å². The Labute approximate surface area is 117 Å². The lowest BCUT2D eigenvalue weighted by Crippen LogP contribution is -2.44. The minimum Gasteiger partial charge on any atom is -0.508 e. The van der Waals surface area contributed by atoms with Crippen molar-refractivity contribution >= 4 is 0 Å². The summed E-state index contributed by atoms with van der Waals surface area (Å²) in [5.41, 5.74) is 1.68. The average Bonchev–Trinajstić information content (AvgIpc) is 2.54. The van der Waals surface area contributed by atoms with Crippen LogP contribution in [-0.2, 0) is 5.54 Å². The van der Waals surface area contributed by atoms with Crippen LogP contribution in [0.25, 0.3) is 0 Å². The molecule has 0 amide bonds. The van der Waals surface area contributed by atoms with Gasteiger partial charge in [0.1, 0.15) is 5.75 Å². The lowest BCUT2D eigenvalue weighted by molar-refractivity contribution is 0.202. The number of hydrogen-bond acceptors (Lipinski definition) is 2. The molecule has 2 rings (SSSR count). The lowest BCUT2D eigenvalue weighted by Gasteiger charge is -2.39. The van der Waals surface area contributed by atoms with Crippen molar-refractivity contribution in [2.45, 2.75) is 58.4 Å². The fourth-order valence-electron chi connectivity index (χ4n) is 3.33. The Bertz CT molecular complexity index is 394. The van der Waals surface area contributed by atoms with Crippen LogP contribution >= 0.6 is 0 Å². The molecule has 1 heterocycles. The quantitative estimate of drug-likeness (QED) is 0.836. The van der Waals surface area contributed by atoms with Crippen LogP contribution in [0.4, 0.5) is 0 Å². The summed E-state index contributed by atoms with van der Waals surface area (Å²) in [6.45, 7) is 8.02. The Morgan fingerprint density at radius 1 is 1.11 bits per heavy atom.